The van der Waals surface area contributed by atoms with Gasteiger partial charge in [-0.3, -0.25) is 24.1 Å². The number of fused-ring (bicyclic) bond motifs is 1. The highest BCUT2D eigenvalue weighted by atomic mass is 79.9. The molecule has 0 aliphatic carbocycles. The smallest absolute Gasteiger partial charge is 0.308 e. The van der Waals surface area contributed by atoms with Crippen molar-refractivity contribution in [3.05, 3.63) is 58.4 Å². The lowest BCUT2D eigenvalue weighted by atomic mass is 10.1. The number of nitrogens with one attached hydrogen (secondary N) is 1. The minimum Gasteiger partial charge on any atom is -0.456 e. The first-order valence-corrected chi connectivity index (χ1v) is 11.8. The number of aryl methyl sites for hydroxylation is 1. The Hall–Kier alpha value is -1.55. The largest absolute Gasteiger partial charge is 0.456 e. The second-order valence-corrected chi connectivity index (χ2v) is 9.58. The summed E-state index contributed by atoms with van der Waals surface area (Å²) in [6.45, 7) is 0.872. The van der Waals surface area contributed by atoms with Gasteiger partial charge in [-0.2, -0.15) is 0 Å². The van der Waals surface area contributed by atoms with Crippen LogP contribution in [0.3, 0.4) is 0 Å². The van der Waals surface area contributed by atoms with Crippen LogP contribution in [0.5, 0.6) is 0 Å². The number of hydrogen-bond acceptors (Lipinski definition) is 5. The predicted octanol–water partition coefficient (Wildman–Crippen LogP) is 6.19. The van der Waals surface area contributed by atoms with Gasteiger partial charge in [0.2, 0.25) is 0 Å². The Morgan fingerprint density at radius 2 is 1.52 bits per heavy atom. The summed E-state index contributed by atoms with van der Waals surface area (Å²) in [6, 6.07) is 3.28. The van der Waals surface area contributed by atoms with Crippen molar-refractivity contribution in [2.24, 2.45) is 0 Å². The summed E-state index contributed by atoms with van der Waals surface area (Å²) in [5.74, 6) is -2.93. The van der Waals surface area contributed by atoms with E-state index < -0.39 is 30.3 Å². The number of carbonyl (C=O) groups is 4. The molecule has 1 aliphatic rings. The second kappa shape index (κ2) is 10.4. The number of carbonyl (C=O) groups excluding carboxylic acids is 4. The molecule has 13 heteroatoms. The summed E-state index contributed by atoms with van der Waals surface area (Å²) >= 11 is 33.3. The minimum atomic E-state index is -0.805. The molecule has 3 rings (SSSR count). The van der Waals surface area contributed by atoms with Crippen LogP contribution in [-0.2, 0) is 14.3 Å². The van der Waals surface area contributed by atoms with Crippen LogP contribution in [0, 0.1) is 6.92 Å². The van der Waals surface area contributed by atoms with Gasteiger partial charge in [-0.25, -0.2) is 0 Å². The zero-order chi connectivity index (χ0) is 24.6. The normalized spacial score (nSPS) is 12.8. The van der Waals surface area contributed by atoms with Crippen LogP contribution in [0.1, 0.15) is 32.7 Å². The maximum absolute atomic E-state index is 12.6. The molecule has 0 radical (unpaired) electrons. The highest BCUT2D eigenvalue weighted by Gasteiger charge is 2.41. The molecule has 33 heavy (non-hydrogen) atoms. The summed E-state index contributed by atoms with van der Waals surface area (Å²) in [7, 11) is 0. The molecular weight excluding hydrogens is 605 g/mol. The van der Waals surface area contributed by atoms with Gasteiger partial charge in [0.25, 0.3) is 17.7 Å². The van der Waals surface area contributed by atoms with Crippen molar-refractivity contribution >= 4 is 103 Å². The molecule has 0 atom stereocenters. The molecule has 1 heterocycles. The molecule has 0 unspecified atom stereocenters. The SMILES string of the molecule is Cc1cc(Br)c(Cl)cc1NC(=O)COC(=O)CCN1C(=O)c2c(Cl)c(Cl)c(Cl)c(Cl)c2C1=O. The molecule has 0 saturated carbocycles. The van der Waals surface area contributed by atoms with Gasteiger partial charge in [0.15, 0.2) is 6.61 Å². The number of rotatable bonds is 6. The van der Waals surface area contributed by atoms with Gasteiger partial charge in [0.1, 0.15) is 0 Å². The summed E-state index contributed by atoms with van der Waals surface area (Å²) < 4.78 is 5.60. The quantitative estimate of drug-likeness (QED) is 0.181. The highest BCUT2D eigenvalue weighted by Crippen LogP contribution is 2.44. The summed E-state index contributed by atoms with van der Waals surface area (Å²) in [6.07, 6.45) is -0.363. The number of hydrogen-bond donors (Lipinski definition) is 1. The van der Waals surface area contributed by atoms with E-state index in [1.54, 1.807) is 19.1 Å². The molecule has 0 spiro atoms. The first kappa shape index (κ1) is 26.1. The van der Waals surface area contributed by atoms with E-state index in [2.05, 4.69) is 21.2 Å². The third kappa shape index (κ3) is 5.26. The van der Waals surface area contributed by atoms with Crippen LogP contribution in [-0.4, -0.2) is 41.7 Å². The van der Waals surface area contributed by atoms with E-state index in [1.807, 2.05) is 0 Å². The monoisotopic (exact) mass is 614 g/mol. The van der Waals surface area contributed by atoms with Crippen LogP contribution in [0.15, 0.2) is 16.6 Å². The van der Waals surface area contributed by atoms with Gasteiger partial charge in [0, 0.05) is 16.7 Å². The summed E-state index contributed by atoms with van der Waals surface area (Å²) in [5.41, 5.74) is 0.838. The molecular formula is C20H12BrCl5N2O5. The molecule has 2 aromatic rings. The van der Waals surface area contributed by atoms with Gasteiger partial charge >= 0.3 is 5.97 Å². The first-order chi connectivity index (χ1) is 15.4. The van der Waals surface area contributed by atoms with Crippen LogP contribution in [0.25, 0.3) is 0 Å². The van der Waals surface area contributed by atoms with Crippen molar-refractivity contribution in [2.45, 2.75) is 13.3 Å². The zero-order valence-corrected chi connectivity index (χ0v) is 21.9. The van der Waals surface area contributed by atoms with E-state index in [9.17, 15) is 19.2 Å². The molecule has 0 aromatic heterocycles. The van der Waals surface area contributed by atoms with Gasteiger partial charge < -0.3 is 10.1 Å². The fourth-order valence-corrected chi connectivity index (χ4v) is 4.62. The lowest BCUT2D eigenvalue weighted by Gasteiger charge is -2.13. The van der Waals surface area contributed by atoms with Gasteiger partial charge in [-0.05, 0) is 40.5 Å². The minimum absolute atomic E-state index is 0.155. The molecule has 2 aromatic carbocycles. The van der Waals surface area contributed by atoms with E-state index in [0.29, 0.717) is 15.2 Å². The lowest BCUT2D eigenvalue weighted by Crippen LogP contribution is -2.32. The van der Waals surface area contributed by atoms with E-state index in [4.69, 9.17) is 62.7 Å². The first-order valence-electron chi connectivity index (χ1n) is 9.07. The average molecular weight is 617 g/mol. The van der Waals surface area contributed by atoms with Crippen molar-refractivity contribution < 1.29 is 23.9 Å². The van der Waals surface area contributed by atoms with Crippen molar-refractivity contribution in [3.63, 3.8) is 0 Å². The van der Waals surface area contributed by atoms with Gasteiger partial charge in [0.05, 0.1) is 42.7 Å². The molecule has 0 fully saturated rings. The van der Waals surface area contributed by atoms with Crippen molar-refractivity contribution in [1.29, 1.82) is 0 Å². The number of ether oxygens (including phenoxy) is 1. The molecule has 0 bridgehead atoms. The van der Waals surface area contributed by atoms with E-state index in [1.165, 1.54) is 0 Å². The number of halogens is 6. The lowest BCUT2D eigenvalue weighted by molar-refractivity contribution is -0.147. The van der Waals surface area contributed by atoms with Crippen molar-refractivity contribution in [2.75, 3.05) is 18.5 Å². The fourth-order valence-electron chi connectivity index (χ4n) is 2.99. The Kier molecular flexibility index (Phi) is 8.19. The van der Waals surface area contributed by atoms with E-state index >= 15 is 0 Å². The second-order valence-electron chi connectivity index (χ2n) is 6.81. The van der Waals surface area contributed by atoms with Gasteiger partial charge in [-0.15, -0.1) is 0 Å². The Morgan fingerprint density at radius 3 is 2.06 bits per heavy atom. The van der Waals surface area contributed by atoms with Gasteiger partial charge in [-0.1, -0.05) is 58.0 Å². The number of amides is 3. The Balaban J connectivity index is 1.58. The maximum atomic E-state index is 12.6. The average Bonchev–Trinajstić information content (AvgIpc) is 3.01. The number of benzene rings is 2. The Bertz CT molecular complexity index is 1170. The predicted molar refractivity (Wildman–Crippen MR) is 130 cm³/mol. The number of anilines is 1. The van der Waals surface area contributed by atoms with Crippen LogP contribution in [0.2, 0.25) is 25.1 Å². The Labute approximate surface area is 221 Å². The molecule has 1 aliphatic heterocycles. The zero-order valence-electron chi connectivity index (χ0n) is 16.5. The van der Waals surface area contributed by atoms with Crippen LogP contribution in [0.4, 0.5) is 5.69 Å². The van der Waals surface area contributed by atoms with Crippen molar-refractivity contribution in [1.82, 2.24) is 4.90 Å². The van der Waals surface area contributed by atoms with Crippen molar-refractivity contribution in [3.8, 4) is 0 Å². The number of esters is 1. The topological polar surface area (TPSA) is 92.8 Å². The highest BCUT2D eigenvalue weighted by molar-refractivity contribution is 9.10. The Morgan fingerprint density at radius 1 is 0.970 bits per heavy atom. The fraction of sp³-hybridized carbons (Fsp3) is 0.200. The molecule has 174 valence electrons. The van der Waals surface area contributed by atoms with Crippen LogP contribution >= 0.6 is 73.9 Å². The third-order valence-electron chi connectivity index (χ3n) is 4.63. The maximum Gasteiger partial charge on any atom is 0.308 e. The molecule has 0 saturated heterocycles. The summed E-state index contributed by atoms with van der Waals surface area (Å²) in [4.78, 5) is 50.2. The number of imide groups is 1. The summed E-state index contributed by atoms with van der Waals surface area (Å²) in [5, 5.41) is 2.27. The molecule has 3 amide bonds. The third-order valence-corrected chi connectivity index (χ3v) is 7.63. The molecule has 1 N–H and O–H groups in total. The number of nitrogens with zero attached hydrogens (tertiary/aromatic N) is 1. The van der Waals surface area contributed by atoms with E-state index in [-0.39, 0.29) is 44.2 Å². The van der Waals surface area contributed by atoms with Crippen LogP contribution < -0.4 is 5.32 Å². The molecule has 7 nitrogen and oxygen atoms in total. The standard InChI is InChI=1S/C20H12BrCl5N2O5/c1-7-4-8(21)9(22)5-10(7)27-11(29)6-33-12(30)2-3-28-19(31)13-14(20(28)32)16(24)18(26)17(25)15(13)23/h4-5H,2-3,6H2,1H3,(H,27,29). The van der Waals surface area contributed by atoms with E-state index in [0.717, 1.165) is 10.5 Å².